The van der Waals surface area contributed by atoms with Crippen molar-refractivity contribution in [2.45, 2.75) is 0 Å². The summed E-state index contributed by atoms with van der Waals surface area (Å²) in [6.07, 6.45) is 1.73. The van der Waals surface area contributed by atoms with Crippen molar-refractivity contribution >= 4 is 45.9 Å². The number of hydrogen-bond acceptors (Lipinski definition) is 3. The molecular formula is C42H29N3Si. The zero-order chi connectivity index (χ0) is 30.9. The number of nitrogens with zero attached hydrogens (tertiary/aromatic N) is 3. The highest BCUT2D eigenvalue weighted by molar-refractivity contribution is 7.21. The van der Waals surface area contributed by atoms with E-state index in [4.69, 9.17) is 0 Å². The summed E-state index contributed by atoms with van der Waals surface area (Å²) in [5.74, 6) is 0. The van der Waals surface area contributed by atoms with Gasteiger partial charge in [-0.15, -0.1) is 0 Å². The third-order valence-electron chi connectivity index (χ3n) is 9.04. The molecule has 0 atom stereocenters. The number of anilines is 3. The van der Waals surface area contributed by atoms with Crippen LogP contribution >= 0.6 is 0 Å². The van der Waals surface area contributed by atoms with Gasteiger partial charge in [-0.1, -0.05) is 133 Å². The Hall–Kier alpha value is -6.02. The Morgan fingerprint density at radius 1 is 0.500 bits per heavy atom. The van der Waals surface area contributed by atoms with E-state index in [0.29, 0.717) is 11.3 Å². The van der Waals surface area contributed by atoms with E-state index in [9.17, 15) is 5.26 Å². The lowest BCUT2D eigenvalue weighted by atomic mass is 10.00. The highest BCUT2D eigenvalue weighted by atomic mass is 28.3. The number of nitriles is 1. The monoisotopic (exact) mass is 603 g/mol. The molecule has 2 heterocycles. The van der Waals surface area contributed by atoms with Gasteiger partial charge in [-0.3, -0.25) is 4.98 Å². The van der Waals surface area contributed by atoms with Gasteiger partial charge < -0.3 is 4.90 Å². The summed E-state index contributed by atoms with van der Waals surface area (Å²) in [7, 11) is -2.65. The van der Waals surface area contributed by atoms with Crippen LogP contribution in [0.3, 0.4) is 0 Å². The maximum atomic E-state index is 9.58. The van der Waals surface area contributed by atoms with Crippen LogP contribution in [0.25, 0.3) is 22.4 Å². The van der Waals surface area contributed by atoms with Crippen LogP contribution in [0.4, 0.5) is 17.1 Å². The molecule has 0 amide bonds. The minimum atomic E-state index is -2.65. The second kappa shape index (κ2) is 11.5. The first-order valence-electron chi connectivity index (χ1n) is 15.5. The van der Waals surface area contributed by atoms with E-state index in [-0.39, 0.29) is 0 Å². The average Bonchev–Trinajstić information content (AvgIpc) is 3.14. The molecule has 3 nitrogen and oxygen atoms in total. The van der Waals surface area contributed by atoms with Crippen LogP contribution in [0.15, 0.2) is 176 Å². The molecule has 0 radical (unpaired) electrons. The van der Waals surface area contributed by atoms with Gasteiger partial charge in [0.25, 0.3) is 0 Å². The van der Waals surface area contributed by atoms with E-state index in [0.717, 1.165) is 22.4 Å². The molecule has 6 aromatic carbocycles. The molecule has 0 bridgehead atoms. The Bertz CT molecular complexity index is 2130. The Kier molecular flexibility index (Phi) is 6.87. The zero-order valence-corrected chi connectivity index (χ0v) is 26.1. The summed E-state index contributed by atoms with van der Waals surface area (Å²) in [5.41, 5.74) is 7.98. The number of benzene rings is 6. The summed E-state index contributed by atoms with van der Waals surface area (Å²) >= 11 is 0. The smallest absolute Gasteiger partial charge is 0.184 e. The van der Waals surface area contributed by atoms with Gasteiger partial charge in [0.15, 0.2) is 8.07 Å². The van der Waals surface area contributed by atoms with Crippen LogP contribution < -0.4 is 25.6 Å². The number of aromatic nitrogens is 1. The summed E-state index contributed by atoms with van der Waals surface area (Å²) < 4.78 is 0. The molecule has 1 aliphatic rings. The Labute approximate surface area is 270 Å². The molecule has 8 rings (SSSR count). The molecule has 0 N–H and O–H groups in total. The normalized spacial score (nSPS) is 12.9. The van der Waals surface area contributed by atoms with Crippen LogP contribution in [0, 0.1) is 11.3 Å². The molecule has 0 saturated carbocycles. The molecular weight excluding hydrogens is 575 g/mol. The van der Waals surface area contributed by atoms with Crippen LogP contribution in [0.5, 0.6) is 0 Å². The van der Waals surface area contributed by atoms with Crippen molar-refractivity contribution in [1.29, 1.82) is 5.26 Å². The maximum absolute atomic E-state index is 9.58. The highest BCUT2D eigenvalue weighted by Gasteiger charge is 2.48. The van der Waals surface area contributed by atoms with Gasteiger partial charge in [-0.25, -0.2) is 0 Å². The number of pyridine rings is 1. The van der Waals surface area contributed by atoms with Crippen LogP contribution in [-0.4, -0.2) is 13.1 Å². The van der Waals surface area contributed by atoms with Gasteiger partial charge >= 0.3 is 0 Å². The van der Waals surface area contributed by atoms with E-state index in [1.807, 2.05) is 0 Å². The Morgan fingerprint density at radius 2 is 1.07 bits per heavy atom. The quantitative estimate of drug-likeness (QED) is 0.192. The van der Waals surface area contributed by atoms with Gasteiger partial charge in [-0.05, 0) is 68.3 Å². The van der Waals surface area contributed by atoms with Crippen LogP contribution in [-0.2, 0) is 0 Å². The minimum Gasteiger partial charge on any atom is -0.311 e. The number of para-hydroxylation sites is 2. The molecule has 1 aliphatic heterocycles. The van der Waals surface area contributed by atoms with E-state index in [2.05, 4.69) is 174 Å². The fourth-order valence-corrected chi connectivity index (χ4v) is 12.2. The lowest BCUT2D eigenvalue weighted by Crippen LogP contribution is -2.77. The third-order valence-corrected chi connectivity index (χ3v) is 13.9. The molecule has 0 aliphatic carbocycles. The highest BCUT2D eigenvalue weighted by Crippen LogP contribution is 2.39. The summed E-state index contributed by atoms with van der Waals surface area (Å²) in [4.78, 5) is 6.91. The molecule has 0 fully saturated rings. The molecule has 0 spiro atoms. The Balaban J connectivity index is 1.29. The van der Waals surface area contributed by atoms with E-state index in [1.165, 1.54) is 32.1 Å². The standard InChI is InChI=1S/C42H29N3Si/c43-30-34-14-12-28-44-42(34)32-26-24-31(25-27-32)33-13-11-15-35(29-33)45-38-20-7-9-22-40(38)46(36-16-3-1-4-17-36,37-18-5-2-6-19-37)41-23-10-8-21-39(41)45/h1-29H. The largest absolute Gasteiger partial charge is 0.311 e. The van der Waals surface area contributed by atoms with Crippen molar-refractivity contribution in [1.82, 2.24) is 4.98 Å². The van der Waals surface area contributed by atoms with Gasteiger partial charge in [0.2, 0.25) is 0 Å². The van der Waals surface area contributed by atoms with Gasteiger partial charge in [0, 0.05) is 28.8 Å². The summed E-state index contributed by atoms with van der Waals surface area (Å²) in [6, 6.07) is 63.1. The first-order chi connectivity index (χ1) is 22.8. The average molecular weight is 604 g/mol. The fraction of sp³-hybridized carbons (Fsp3) is 0. The van der Waals surface area contributed by atoms with Gasteiger partial charge in [0.1, 0.15) is 6.07 Å². The Morgan fingerprint density at radius 3 is 1.67 bits per heavy atom. The molecule has 4 heteroatoms. The molecule has 0 saturated heterocycles. The molecule has 216 valence electrons. The van der Waals surface area contributed by atoms with Crippen LogP contribution in [0.2, 0.25) is 0 Å². The van der Waals surface area contributed by atoms with Gasteiger partial charge in [-0.2, -0.15) is 5.26 Å². The first-order valence-corrected chi connectivity index (χ1v) is 17.5. The van der Waals surface area contributed by atoms with Crippen molar-refractivity contribution in [3.63, 3.8) is 0 Å². The molecule has 46 heavy (non-hydrogen) atoms. The summed E-state index contributed by atoms with van der Waals surface area (Å²) in [5, 5.41) is 15.1. The summed E-state index contributed by atoms with van der Waals surface area (Å²) in [6.45, 7) is 0. The fourth-order valence-electron chi connectivity index (χ4n) is 7.06. The van der Waals surface area contributed by atoms with Gasteiger partial charge in [0.05, 0.1) is 11.3 Å². The molecule has 0 unspecified atom stereocenters. The van der Waals surface area contributed by atoms with E-state index < -0.39 is 8.07 Å². The van der Waals surface area contributed by atoms with E-state index >= 15 is 0 Å². The van der Waals surface area contributed by atoms with E-state index in [1.54, 1.807) is 18.3 Å². The van der Waals surface area contributed by atoms with Crippen LogP contribution in [0.1, 0.15) is 5.56 Å². The first kappa shape index (κ1) is 27.5. The second-order valence-electron chi connectivity index (χ2n) is 11.5. The topological polar surface area (TPSA) is 39.9 Å². The molecule has 7 aromatic rings. The number of rotatable bonds is 5. The predicted molar refractivity (Wildman–Crippen MR) is 192 cm³/mol. The minimum absolute atomic E-state index is 0.574. The van der Waals surface area contributed by atoms with Crippen molar-refractivity contribution in [3.05, 3.63) is 182 Å². The lowest BCUT2D eigenvalue weighted by Gasteiger charge is -2.45. The number of fused-ring (bicyclic) bond motifs is 2. The number of hydrogen-bond donors (Lipinski definition) is 0. The third kappa shape index (κ3) is 4.37. The predicted octanol–water partition coefficient (Wildman–Crippen LogP) is 7.45. The SMILES string of the molecule is N#Cc1cccnc1-c1ccc(-c2cccc(N3c4ccccc4[Si](c4ccccc4)(c4ccccc4)c4ccccc43)c2)cc1. The zero-order valence-electron chi connectivity index (χ0n) is 25.1. The van der Waals surface area contributed by atoms with Crippen molar-refractivity contribution < 1.29 is 0 Å². The maximum Gasteiger partial charge on any atom is 0.184 e. The molecule has 1 aromatic heterocycles. The second-order valence-corrected chi connectivity index (χ2v) is 15.2. The lowest BCUT2D eigenvalue weighted by molar-refractivity contribution is 1.29. The van der Waals surface area contributed by atoms with Crippen molar-refractivity contribution in [3.8, 4) is 28.5 Å². The van der Waals surface area contributed by atoms with Crippen molar-refractivity contribution in [2.24, 2.45) is 0 Å². The van der Waals surface area contributed by atoms with Crippen molar-refractivity contribution in [2.75, 3.05) is 4.90 Å².